The van der Waals surface area contributed by atoms with Crippen LogP contribution in [0.15, 0.2) is 27.3 Å². The molecule has 8 rings (SSSR count). The molecule has 0 spiro atoms. The van der Waals surface area contributed by atoms with Gasteiger partial charge in [-0.25, -0.2) is 0 Å². The van der Waals surface area contributed by atoms with Crippen molar-refractivity contribution in [1.29, 1.82) is 0 Å². The summed E-state index contributed by atoms with van der Waals surface area (Å²) in [6.45, 7) is 2.58. The molecular weight excluding hydrogens is 799 g/mol. The van der Waals surface area contributed by atoms with Gasteiger partial charge in [-0.05, 0) is 115 Å². The molecule has 5 N–H and O–H groups in total. The number of fused-ring (bicyclic) bond motifs is 1. The summed E-state index contributed by atoms with van der Waals surface area (Å²) in [4.78, 5) is 69.7. The average molecular weight is 852 g/mol. The number of hydrogen-bond acceptors (Lipinski definition) is 14. The van der Waals surface area contributed by atoms with Crippen molar-refractivity contribution in [3.63, 3.8) is 0 Å². The van der Waals surface area contributed by atoms with Crippen LogP contribution in [0.2, 0.25) is 0 Å². The number of phenols is 1. The Bertz CT molecular complexity index is 2760. The van der Waals surface area contributed by atoms with E-state index in [4.69, 9.17) is 18.9 Å². The van der Waals surface area contributed by atoms with E-state index in [1.54, 1.807) is 13.0 Å². The minimum Gasteiger partial charge on any atom is -0.504 e. The number of benzene rings is 5. The summed E-state index contributed by atoms with van der Waals surface area (Å²) in [6.07, 6.45) is 5.70. The van der Waals surface area contributed by atoms with Crippen molar-refractivity contribution in [3.05, 3.63) is 66.0 Å². The highest BCUT2D eigenvalue weighted by Gasteiger charge is 2.39. The summed E-state index contributed by atoms with van der Waals surface area (Å²) in [5, 5.41) is 49.6. The smallest absolute Gasteiger partial charge is 0.309 e. The topological polar surface area (TPSA) is 215 Å². The molecule has 328 valence electrons. The predicted octanol–water partition coefficient (Wildman–Crippen LogP) is 5.34. The molecule has 0 radical (unpaired) electrons. The number of Topliss-reactive ketones (excluding diaryl/α,β-unsaturated/α-hetero) is 1. The van der Waals surface area contributed by atoms with Gasteiger partial charge in [-0.15, -0.1) is 0 Å². The van der Waals surface area contributed by atoms with E-state index in [9.17, 15) is 39.6 Å². The third-order valence-electron chi connectivity index (χ3n) is 13.5. The van der Waals surface area contributed by atoms with E-state index in [0.717, 1.165) is 0 Å². The lowest BCUT2D eigenvalue weighted by Crippen LogP contribution is -2.23. The Kier molecular flexibility index (Phi) is 12.1. The van der Waals surface area contributed by atoms with Crippen molar-refractivity contribution in [2.24, 2.45) is 17.8 Å². The zero-order valence-corrected chi connectivity index (χ0v) is 35.5. The van der Waals surface area contributed by atoms with Gasteiger partial charge in [0.25, 0.3) is 0 Å². The van der Waals surface area contributed by atoms with Gasteiger partial charge < -0.3 is 44.7 Å². The Morgan fingerprint density at radius 1 is 0.774 bits per heavy atom. The Labute approximate surface area is 357 Å². The highest BCUT2D eigenvalue weighted by atomic mass is 16.6. The predicted molar refractivity (Wildman–Crippen MR) is 233 cm³/mol. The van der Waals surface area contributed by atoms with Gasteiger partial charge in [0.2, 0.25) is 0 Å². The minimum absolute atomic E-state index is 0.0531. The van der Waals surface area contributed by atoms with Gasteiger partial charge >= 0.3 is 11.9 Å². The number of allylic oxidation sites excluding steroid dienone is 1. The molecule has 0 aliphatic heterocycles. The number of anilines is 1. The number of rotatable bonds is 16. The lowest BCUT2D eigenvalue weighted by Gasteiger charge is -2.27. The number of phenolic OH excluding ortho intramolecular Hbond substituents is 1. The van der Waals surface area contributed by atoms with Crippen molar-refractivity contribution < 1.29 is 53.8 Å². The number of methoxy groups -OCH3 is 2. The number of ether oxygens (including phenoxy) is 4. The van der Waals surface area contributed by atoms with Crippen LogP contribution < -0.4 is 20.9 Å². The van der Waals surface area contributed by atoms with E-state index >= 15 is 4.79 Å². The van der Waals surface area contributed by atoms with Gasteiger partial charge in [0.15, 0.2) is 22.4 Å². The largest absolute Gasteiger partial charge is 0.504 e. The molecule has 5 aromatic rings. The summed E-state index contributed by atoms with van der Waals surface area (Å²) >= 11 is 0. The number of esters is 2. The number of carbonyl (C=O) groups is 3. The highest BCUT2D eigenvalue weighted by molar-refractivity contribution is 6.39. The van der Waals surface area contributed by atoms with Gasteiger partial charge in [-0.1, -0.05) is 11.6 Å². The maximum absolute atomic E-state index is 15.7. The van der Waals surface area contributed by atoms with Crippen LogP contribution in [0.3, 0.4) is 0 Å². The summed E-state index contributed by atoms with van der Waals surface area (Å²) in [5.41, 5.74) is 2.05. The number of aliphatic hydroxyl groups excluding tert-OH is 3. The fraction of sp³-hybridized carbons (Fsp3) is 0.479. The summed E-state index contributed by atoms with van der Waals surface area (Å²) in [6, 6.07) is 2.70. The fourth-order valence-electron chi connectivity index (χ4n) is 10.8. The molecule has 5 unspecified atom stereocenters. The van der Waals surface area contributed by atoms with Crippen molar-refractivity contribution in [3.8, 4) is 11.5 Å². The van der Waals surface area contributed by atoms with Crippen molar-refractivity contribution in [2.75, 3.05) is 46.0 Å². The Hall–Kier alpha value is -5.41. The number of aliphatic hydroxyl groups is 3. The second kappa shape index (κ2) is 17.4. The zero-order valence-electron chi connectivity index (χ0n) is 35.5. The molecule has 0 bridgehead atoms. The Balaban J connectivity index is 1.45. The summed E-state index contributed by atoms with van der Waals surface area (Å²) in [5.74, 6) is -3.27. The molecule has 3 aliphatic carbocycles. The first-order chi connectivity index (χ1) is 29.9. The molecule has 2 fully saturated rings. The highest BCUT2D eigenvalue weighted by Crippen LogP contribution is 2.56. The van der Waals surface area contributed by atoms with E-state index in [1.165, 1.54) is 27.2 Å². The molecule has 5 aromatic carbocycles. The van der Waals surface area contributed by atoms with Gasteiger partial charge in [0.1, 0.15) is 12.4 Å². The van der Waals surface area contributed by atoms with E-state index in [2.05, 4.69) is 5.32 Å². The molecule has 0 amide bonds. The molecule has 0 aromatic heterocycles. The first-order valence-corrected chi connectivity index (χ1v) is 21.4. The number of carbonyl (C=O) groups excluding carboxylic acids is 3. The monoisotopic (exact) mass is 851 g/mol. The van der Waals surface area contributed by atoms with E-state index in [1.807, 2.05) is 6.08 Å². The molecule has 14 nitrogen and oxygen atoms in total. The molecule has 0 saturated heterocycles. The van der Waals surface area contributed by atoms with Crippen molar-refractivity contribution in [1.82, 2.24) is 0 Å². The lowest BCUT2D eigenvalue weighted by molar-refractivity contribution is -0.150. The summed E-state index contributed by atoms with van der Waals surface area (Å²) in [7, 11) is 2.89. The van der Waals surface area contributed by atoms with Crippen LogP contribution >= 0.6 is 0 Å². The molecule has 14 heteroatoms. The average Bonchev–Trinajstić information content (AvgIpc) is 3.90. The van der Waals surface area contributed by atoms with Crippen LogP contribution in [-0.2, 0) is 48.2 Å². The molecule has 2 saturated carbocycles. The van der Waals surface area contributed by atoms with Crippen molar-refractivity contribution in [2.45, 2.75) is 90.4 Å². The maximum atomic E-state index is 15.7. The maximum Gasteiger partial charge on any atom is 0.309 e. The fourth-order valence-corrected chi connectivity index (χ4v) is 10.8. The van der Waals surface area contributed by atoms with Gasteiger partial charge in [-0.3, -0.25) is 24.0 Å². The van der Waals surface area contributed by atoms with Gasteiger partial charge in [-0.2, -0.15) is 0 Å². The van der Waals surface area contributed by atoms with Crippen LogP contribution in [0.25, 0.3) is 49.2 Å². The second-order valence-electron chi connectivity index (χ2n) is 17.2. The number of ketones is 1. The molecule has 62 heavy (non-hydrogen) atoms. The van der Waals surface area contributed by atoms with Crippen LogP contribution in [0.4, 0.5) is 5.69 Å². The molecule has 5 atom stereocenters. The molecule has 0 heterocycles. The zero-order chi connectivity index (χ0) is 44.1. The van der Waals surface area contributed by atoms with E-state index in [0.29, 0.717) is 111 Å². The Morgan fingerprint density at radius 3 is 2.10 bits per heavy atom. The number of aromatic hydroxyl groups is 1. The van der Waals surface area contributed by atoms with Gasteiger partial charge in [0.05, 0.1) is 62.1 Å². The normalized spacial score (nSPS) is 21.0. The SMILES string of the molecule is COCCOC(=O)C1CCC(Cc2c3c4c5c(c(OC)c(O)c6c(=O)cc(CO)c(c7c(CO)cc(NC8CCC(C(=O)OCCCO)C8)c(c2=O)c74)c65)C(C(C)=O)C(C)=C3)C1. The lowest BCUT2D eigenvalue weighted by atomic mass is 9.78. The van der Waals surface area contributed by atoms with Crippen LogP contribution in [0, 0.1) is 17.8 Å². The Morgan fingerprint density at radius 2 is 1.44 bits per heavy atom. The molecular formula is C48H53NO13. The van der Waals surface area contributed by atoms with Gasteiger partial charge in [0, 0.05) is 53.8 Å². The first kappa shape index (κ1) is 43.2. The second-order valence-corrected chi connectivity index (χ2v) is 17.2. The number of nitrogens with one attached hydrogen (secondary N) is 1. The minimum atomic E-state index is -0.966. The van der Waals surface area contributed by atoms with Crippen molar-refractivity contribution >= 4 is 72.6 Å². The quantitative estimate of drug-likeness (QED) is 0.0367. The number of hydrogen-bond donors (Lipinski definition) is 5. The standard InChI is InChI=1S/C48H53NO13/c1-22-14-30-31(16-24-6-7-25(15-24)47(57)62-13-12-59-3)44(55)38-32(49-29-9-8-26(17-29)48(58)61-11-5-10-50)18-27(20-51)35-36-28(21-52)19-33(54)39-41(36)42(37(30)40(35)38)43(34(22)23(2)53)46(60-4)45(39)56/h14,18-19,24-26,29,34,49-52,56H,5-13,15-17,20-21H2,1-4H3. The summed E-state index contributed by atoms with van der Waals surface area (Å²) < 4.78 is 21.9. The van der Waals surface area contributed by atoms with Crippen LogP contribution in [0.1, 0.15) is 92.5 Å². The van der Waals surface area contributed by atoms with Crippen LogP contribution in [0.5, 0.6) is 11.5 Å². The molecule has 3 aliphatic rings. The van der Waals surface area contributed by atoms with Crippen LogP contribution in [-0.4, -0.2) is 84.8 Å². The van der Waals surface area contributed by atoms with E-state index in [-0.39, 0.29) is 96.0 Å². The third-order valence-corrected chi connectivity index (χ3v) is 13.5. The third kappa shape index (κ3) is 7.10. The first-order valence-electron chi connectivity index (χ1n) is 21.4. The van der Waals surface area contributed by atoms with E-state index < -0.39 is 36.2 Å².